The number of hydrogen-bond donors (Lipinski definition) is 1. The number of benzene rings is 1. The standard InChI is InChI=1S/C9H10FNO3/c1-6(11(13)14)9(12)7-2-4-8(10)5-3-7/h2-6,9,12H,1H3/t6-,9-/m1/s1. The van der Waals surface area contributed by atoms with E-state index >= 15 is 0 Å². The first-order chi connectivity index (χ1) is 6.52. The maximum absolute atomic E-state index is 12.5. The number of rotatable bonds is 3. The number of aliphatic hydroxyl groups is 1. The van der Waals surface area contributed by atoms with E-state index in [-0.39, 0.29) is 0 Å². The monoisotopic (exact) mass is 199 g/mol. The molecule has 1 rings (SSSR count). The molecule has 5 heteroatoms. The number of aliphatic hydroxyl groups excluding tert-OH is 1. The zero-order chi connectivity index (χ0) is 10.7. The predicted octanol–water partition coefficient (Wildman–Crippen LogP) is 1.52. The van der Waals surface area contributed by atoms with Crippen molar-refractivity contribution in [1.82, 2.24) is 0 Å². The summed E-state index contributed by atoms with van der Waals surface area (Å²) in [6, 6.07) is 3.89. The van der Waals surface area contributed by atoms with Crippen molar-refractivity contribution in [3.63, 3.8) is 0 Å². The molecule has 0 bridgehead atoms. The number of nitrogens with zero attached hydrogens (tertiary/aromatic N) is 1. The Kier molecular flexibility index (Phi) is 3.14. The van der Waals surface area contributed by atoms with Gasteiger partial charge in [-0.2, -0.15) is 0 Å². The van der Waals surface area contributed by atoms with Crippen LogP contribution in [0.1, 0.15) is 18.6 Å². The van der Waals surface area contributed by atoms with Crippen molar-refractivity contribution in [2.75, 3.05) is 0 Å². The van der Waals surface area contributed by atoms with Gasteiger partial charge in [-0.15, -0.1) is 0 Å². The van der Waals surface area contributed by atoms with Crippen LogP contribution in [0.15, 0.2) is 24.3 Å². The van der Waals surface area contributed by atoms with Gasteiger partial charge in [-0.05, 0) is 17.7 Å². The maximum Gasteiger partial charge on any atom is 0.239 e. The van der Waals surface area contributed by atoms with Gasteiger partial charge in [0.25, 0.3) is 0 Å². The molecule has 1 aromatic rings. The molecule has 0 aliphatic rings. The van der Waals surface area contributed by atoms with Crippen LogP contribution in [0.2, 0.25) is 0 Å². The van der Waals surface area contributed by atoms with Crippen molar-refractivity contribution in [3.8, 4) is 0 Å². The van der Waals surface area contributed by atoms with Gasteiger partial charge in [-0.25, -0.2) is 4.39 Å². The summed E-state index contributed by atoms with van der Waals surface area (Å²) in [4.78, 5) is 9.78. The Bertz CT molecular complexity index is 325. The SMILES string of the molecule is C[C@H]([C@@H](O)c1ccc(F)cc1)[N+](=O)[O-]. The zero-order valence-corrected chi connectivity index (χ0v) is 7.55. The molecular weight excluding hydrogens is 189 g/mol. The second-order valence-electron chi connectivity index (χ2n) is 3.02. The highest BCUT2D eigenvalue weighted by atomic mass is 19.1. The van der Waals surface area contributed by atoms with E-state index in [4.69, 9.17) is 0 Å². The predicted molar refractivity (Wildman–Crippen MR) is 47.8 cm³/mol. The Balaban J connectivity index is 2.84. The van der Waals surface area contributed by atoms with Crippen LogP contribution in [-0.2, 0) is 0 Å². The van der Waals surface area contributed by atoms with Crippen LogP contribution in [0, 0.1) is 15.9 Å². The van der Waals surface area contributed by atoms with Gasteiger partial charge in [0.15, 0.2) is 0 Å². The van der Waals surface area contributed by atoms with Gasteiger partial charge in [0, 0.05) is 11.8 Å². The molecule has 2 atom stereocenters. The van der Waals surface area contributed by atoms with E-state index in [1.165, 1.54) is 19.1 Å². The minimum absolute atomic E-state index is 0.343. The molecule has 4 nitrogen and oxygen atoms in total. The fourth-order valence-electron chi connectivity index (χ4n) is 1.05. The molecule has 0 unspecified atom stereocenters. The summed E-state index contributed by atoms with van der Waals surface area (Å²) in [5.74, 6) is -0.435. The third kappa shape index (κ3) is 2.26. The number of halogens is 1. The molecule has 0 saturated heterocycles. The van der Waals surface area contributed by atoms with Gasteiger partial charge in [0.05, 0.1) is 0 Å². The van der Waals surface area contributed by atoms with Crippen LogP contribution in [0.3, 0.4) is 0 Å². The maximum atomic E-state index is 12.5. The lowest BCUT2D eigenvalue weighted by Gasteiger charge is -2.11. The molecule has 0 aromatic heterocycles. The molecule has 76 valence electrons. The van der Waals surface area contributed by atoms with E-state index in [1.807, 2.05) is 0 Å². The summed E-state index contributed by atoms with van der Waals surface area (Å²) in [5.41, 5.74) is 0.343. The smallest absolute Gasteiger partial charge is 0.239 e. The van der Waals surface area contributed by atoms with Crippen LogP contribution in [-0.4, -0.2) is 16.1 Å². The van der Waals surface area contributed by atoms with Gasteiger partial charge in [-0.3, -0.25) is 10.1 Å². The normalized spacial score (nSPS) is 14.8. The highest BCUT2D eigenvalue weighted by Crippen LogP contribution is 2.18. The molecule has 1 N–H and O–H groups in total. The van der Waals surface area contributed by atoms with Crippen molar-refractivity contribution in [2.45, 2.75) is 19.1 Å². The van der Waals surface area contributed by atoms with E-state index in [9.17, 15) is 19.6 Å². The average molecular weight is 199 g/mol. The summed E-state index contributed by atoms with van der Waals surface area (Å²) >= 11 is 0. The number of hydrogen-bond acceptors (Lipinski definition) is 3. The lowest BCUT2D eigenvalue weighted by Crippen LogP contribution is -2.23. The third-order valence-corrected chi connectivity index (χ3v) is 2.00. The van der Waals surface area contributed by atoms with Crippen molar-refractivity contribution in [3.05, 3.63) is 45.8 Å². The van der Waals surface area contributed by atoms with Crippen LogP contribution in [0.25, 0.3) is 0 Å². The quantitative estimate of drug-likeness (QED) is 0.593. The first-order valence-electron chi connectivity index (χ1n) is 4.09. The van der Waals surface area contributed by atoms with Gasteiger partial charge in [0.2, 0.25) is 6.04 Å². The van der Waals surface area contributed by atoms with E-state index < -0.39 is 22.9 Å². The molecule has 0 aliphatic heterocycles. The molecule has 1 aromatic carbocycles. The Morgan fingerprint density at radius 3 is 2.36 bits per heavy atom. The van der Waals surface area contributed by atoms with Crippen LogP contribution in [0.5, 0.6) is 0 Å². The summed E-state index contributed by atoms with van der Waals surface area (Å²) < 4.78 is 12.5. The van der Waals surface area contributed by atoms with Crippen molar-refractivity contribution < 1.29 is 14.4 Å². The Morgan fingerprint density at radius 1 is 1.43 bits per heavy atom. The van der Waals surface area contributed by atoms with Gasteiger partial charge < -0.3 is 5.11 Å². The third-order valence-electron chi connectivity index (χ3n) is 2.00. The fraction of sp³-hybridized carbons (Fsp3) is 0.333. The average Bonchev–Trinajstić information content (AvgIpc) is 2.16. The molecule has 14 heavy (non-hydrogen) atoms. The first kappa shape index (κ1) is 10.6. The first-order valence-corrected chi connectivity index (χ1v) is 4.09. The zero-order valence-electron chi connectivity index (χ0n) is 7.55. The van der Waals surface area contributed by atoms with Gasteiger partial charge in [-0.1, -0.05) is 12.1 Å². The Morgan fingerprint density at radius 2 is 1.93 bits per heavy atom. The van der Waals surface area contributed by atoms with E-state index in [0.29, 0.717) is 5.56 Å². The second kappa shape index (κ2) is 4.15. The fourth-order valence-corrected chi connectivity index (χ4v) is 1.05. The van der Waals surface area contributed by atoms with Crippen molar-refractivity contribution in [2.24, 2.45) is 0 Å². The Hall–Kier alpha value is -1.49. The van der Waals surface area contributed by atoms with Crippen LogP contribution < -0.4 is 0 Å². The largest absolute Gasteiger partial charge is 0.381 e. The van der Waals surface area contributed by atoms with E-state index in [0.717, 1.165) is 12.1 Å². The minimum Gasteiger partial charge on any atom is -0.381 e. The Labute approximate surface area is 80.1 Å². The summed E-state index contributed by atoms with van der Waals surface area (Å²) in [6.45, 7) is 1.30. The van der Waals surface area contributed by atoms with Crippen LogP contribution in [0.4, 0.5) is 4.39 Å². The minimum atomic E-state index is -1.20. The molecule has 0 radical (unpaired) electrons. The summed E-state index contributed by atoms with van der Waals surface area (Å²) in [5, 5.41) is 19.8. The highest BCUT2D eigenvalue weighted by molar-refractivity contribution is 5.19. The lowest BCUT2D eigenvalue weighted by atomic mass is 10.0. The lowest BCUT2D eigenvalue weighted by molar-refractivity contribution is -0.531. The molecule has 0 fully saturated rings. The molecule has 0 heterocycles. The molecule has 0 amide bonds. The van der Waals surface area contributed by atoms with Crippen LogP contribution >= 0.6 is 0 Å². The van der Waals surface area contributed by atoms with Gasteiger partial charge in [0.1, 0.15) is 11.9 Å². The topological polar surface area (TPSA) is 63.4 Å². The molecule has 0 saturated carbocycles. The van der Waals surface area contributed by atoms with Crippen molar-refractivity contribution >= 4 is 0 Å². The van der Waals surface area contributed by atoms with E-state index in [1.54, 1.807) is 0 Å². The highest BCUT2D eigenvalue weighted by Gasteiger charge is 2.25. The molecule has 0 spiro atoms. The van der Waals surface area contributed by atoms with E-state index in [2.05, 4.69) is 0 Å². The number of nitro groups is 1. The summed E-state index contributed by atoms with van der Waals surface area (Å²) in [6.07, 6.45) is -1.20. The summed E-state index contributed by atoms with van der Waals surface area (Å²) in [7, 11) is 0. The molecular formula is C9H10FNO3. The van der Waals surface area contributed by atoms with Gasteiger partial charge >= 0.3 is 0 Å². The molecule has 0 aliphatic carbocycles. The van der Waals surface area contributed by atoms with Crippen molar-refractivity contribution in [1.29, 1.82) is 0 Å². The second-order valence-corrected chi connectivity index (χ2v) is 3.02.